The second kappa shape index (κ2) is 5.01. The van der Waals surface area contributed by atoms with Crippen molar-refractivity contribution in [3.05, 3.63) is 33.9 Å². The van der Waals surface area contributed by atoms with Gasteiger partial charge >= 0.3 is 0 Å². The third-order valence-electron chi connectivity index (χ3n) is 2.04. The Morgan fingerprint density at radius 1 is 1.50 bits per heavy atom. The highest BCUT2D eigenvalue weighted by Crippen LogP contribution is 2.24. The highest BCUT2D eigenvalue weighted by Gasteiger charge is 2.18. The van der Waals surface area contributed by atoms with Crippen LogP contribution in [0.4, 0.5) is 5.69 Å². The van der Waals surface area contributed by atoms with Crippen molar-refractivity contribution in [3.8, 4) is 5.75 Å². The van der Waals surface area contributed by atoms with Crippen molar-refractivity contribution in [1.82, 2.24) is 0 Å². The highest BCUT2D eigenvalue weighted by molar-refractivity contribution is 5.96. The summed E-state index contributed by atoms with van der Waals surface area (Å²) < 4.78 is 5.35. The average Bonchev–Trinajstić information content (AvgIpc) is 2.24. The Bertz CT molecular complexity index is 480. The SMILES string of the molecule is CC(C)(N)COc1ccc([N+](=O)[O-])cc1C(N)=O. The molecule has 0 radical (unpaired) electrons. The maximum Gasteiger partial charge on any atom is 0.270 e. The summed E-state index contributed by atoms with van der Waals surface area (Å²) in [6.45, 7) is 3.66. The molecule has 98 valence electrons. The molecule has 0 fully saturated rings. The topological polar surface area (TPSA) is 121 Å². The number of hydrogen-bond donors (Lipinski definition) is 2. The first-order valence-corrected chi connectivity index (χ1v) is 5.20. The Labute approximate surface area is 104 Å². The molecular formula is C11H15N3O4. The van der Waals surface area contributed by atoms with Crippen LogP contribution < -0.4 is 16.2 Å². The van der Waals surface area contributed by atoms with E-state index in [1.165, 1.54) is 12.1 Å². The van der Waals surface area contributed by atoms with Gasteiger partial charge in [0.15, 0.2) is 0 Å². The predicted molar refractivity (Wildman–Crippen MR) is 65.4 cm³/mol. The van der Waals surface area contributed by atoms with Crippen LogP contribution in [0.15, 0.2) is 18.2 Å². The van der Waals surface area contributed by atoms with Gasteiger partial charge in [0, 0.05) is 17.7 Å². The van der Waals surface area contributed by atoms with Crippen molar-refractivity contribution in [2.75, 3.05) is 6.61 Å². The van der Waals surface area contributed by atoms with Gasteiger partial charge in [-0.05, 0) is 19.9 Å². The third kappa shape index (κ3) is 3.70. The molecule has 0 heterocycles. The molecular weight excluding hydrogens is 238 g/mol. The van der Waals surface area contributed by atoms with Crippen molar-refractivity contribution >= 4 is 11.6 Å². The van der Waals surface area contributed by atoms with E-state index < -0.39 is 16.4 Å². The summed E-state index contributed by atoms with van der Waals surface area (Å²) >= 11 is 0. The molecule has 1 rings (SSSR count). The molecule has 0 atom stereocenters. The fourth-order valence-electron chi connectivity index (χ4n) is 1.21. The first-order valence-electron chi connectivity index (χ1n) is 5.20. The number of ether oxygens (including phenoxy) is 1. The molecule has 0 aliphatic carbocycles. The van der Waals surface area contributed by atoms with E-state index in [1.807, 2.05) is 0 Å². The van der Waals surface area contributed by atoms with Gasteiger partial charge in [0.1, 0.15) is 12.4 Å². The van der Waals surface area contributed by atoms with E-state index in [2.05, 4.69) is 0 Å². The Kier molecular flexibility index (Phi) is 3.87. The minimum absolute atomic E-state index is 0.0338. The molecule has 7 heteroatoms. The molecule has 7 nitrogen and oxygen atoms in total. The Hall–Kier alpha value is -2.15. The lowest BCUT2D eigenvalue weighted by molar-refractivity contribution is -0.384. The predicted octanol–water partition coefficient (Wildman–Crippen LogP) is 0.810. The van der Waals surface area contributed by atoms with Crippen LogP contribution in [0.2, 0.25) is 0 Å². The van der Waals surface area contributed by atoms with E-state index in [9.17, 15) is 14.9 Å². The summed E-state index contributed by atoms with van der Waals surface area (Å²) in [5.41, 5.74) is 10.0. The normalized spacial score (nSPS) is 11.1. The van der Waals surface area contributed by atoms with Crippen molar-refractivity contribution < 1.29 is 14.5 Å². The molecule has 0 saturated carbocycles. The maximum atomic E-state index is 11.2. The zero-order valence-electron chi connectivity index (χ0n) is 10.2. The number of rotatable bonds is 5. The summed E-state index contributed by atoms with van der Waals surface area (Å²) in [4.78, 5) is 21.2. The van der Waals surface area contributed by atoms with Crippen LogP contribution in [0.1, 0.15) is 24.2 Å². The molecule has 0 bridgehead atoms. The summed E-state index contributed by atoms with van der Waals surface area (Å²) in [6, 6.07) is 3.66. The van der Waals surface area contributed by atoms with Crippen LogP contribution in [-0.2, 0) is 0 Å². The quantitative estimate of drug-likeness (QED) is 0.594. The van der Waals surface area contributed by atoms with E-state index >= 15 is 0 Å². The first-order chi connectivity index (χ1) is 8.20. The number of amides is 1. The lowest BCUT2D eigenvalue weighted by Gasteiger charge is -2.19. The van der Waals surface area contributed by atoms with E-state index in [0.717, 1.165) is 6.07 Å². The number of nitro benzene ring substituents is 1. The third-order valence-corrected chi connectivity index (χ3v) is 2.04. The smallest absolute Gasteiger partial charge is 0.270 e. The zero-order valence-corrected chi connectivity index (χ0v) is 10.2. The van der Waals surface area contributed by atoms with E-state index in [0.29, 0.717) is 0 Å². The minimum atomic E-state index is -0.788. The molecule has 1 aromatic rings. The summed E-state index contributed by atoms with van der Waals surface area (Å²) in [5, 5.41) is 10.6. The van der Waals surface area contributed by atoms with Crippen LogP contribution in [-0.4, -0.2) is 23.0 Å². The van der Waals surface area contributed by atoms with E-state index in [1.54, 1.807) is 13.8 Å². The monoisotopic (exact) mass is 253 g/mol. The Morgan fingerprint density at radius 2 is 2.11 bits per heavy atom. The molecule has 0 aliphatic heterocycles. The van der Waals surface area contributed by atoms with E-state index in [4.69, 9.17) is 16.2 Å². The molecule has 0 saturated heterocycles. The number of hydrogen-bond acceptors (Lipinski definition) is 5. The summed E-state index contributed by atoms with van der Waals surface area (Å²) in [6.07, 6.45) is 0. The summed E-state index contributed by atoms with van der Waals surface area (Å²) in [7, 11) is 0. The Morgan fingerprint density at radius 3 is 2.56 bits per heavy atom. The number of nitrogens with two attached hydrogens (primary N) is 2. The number of primary amides is 1. The average molecular weight is 253 g/mol. The maximum absolute atomic E-state index is 11.2. The molecule has 4 N–H and O–H groups in total. The molecule has 0 aromatic heterocycles. The van der Waals surface area contributed by atoms with Gasteiger partial charge in [-0.3, -0.25) is 14.9 Å². The van der Waals surface area contributed by atoms with Gasteiger partial charge in [0.05, 0.1) is 10.5 Å². The van der Waals surface area contributed by atoms with Crippen LogP contribution >= 0.6 is 0 Å². The van der Waals surface area contributed by atoms with Gasteiger partial charge in [-0.1, -0.05) is 0 Å². The van der Waals surface area contributed by atoms with Gasteiger partial charge < -0.3 is 16.2 Å². The second-order valence-corrected chi connectivity index (χ2v) is 4.58. The number of non-ortho nitro benzene ring substituents is 1. The van der Waals surface area contributed by atoms with Gasteiger partial charge in [0.25, 0.3) is 11.6 Å². The van der Waals surface area contributed by atoms with Crippen molar-refractivity contribution in [3.63, 3.8) is 0 Å². The second-order valence-electron chi connectivity index (χ2n) is 4.58. The van der Waals surface area contributed by atoms with Crippen LogP contribution in [0.25, 0.3) is 0 Å². The van der Waals surface area contributed by atoms with Gasteiger partial charge in [-0.25, -0.2) is 0 Å². The fourth-order valence-corrected chi connectivity index (χ4v) is 1.21. The van der Waals surface area contributed by atoms with Gasteiger partial charge in [-0.2, -0.15) is 0 Å². The van der Waals surface area contributed by atoms with E-state index in [-0.39, 0.29) is 23.6 Å². The number of nitro groups is 1. The molecule has 0 spiro atoms. The van der Waals surface area contributed by atoms with Crippen LogP contribution in [0, 0.1) is 10.1 Å². The lowest BCUT2D eigenvalue weighted by Crippen LogP contribution is -2.39. The molecule has 18 heavy (non-hydrogen) atoms. The van der Waals surface area contributed by atoms with Gasteiger partial charge in [0.2, 0.25) is 0 Å². The number of carbonyl (C=O) groups excluding carboxylic acids is 1. The van der Waals surface area contributed by atoms with Gasteiger partial charge in [-0.15, -0.1) is 0 Å². The largest absolute Gasteiger partial charge is 0.491 e. The minimum Gasteiger partial charge on any atom is -0.491 e. The lowest BCUT2D eigenvalue weighted by atomic mass is 10.1. The standard InChI is InChI=1S/C11H15N3O4/c1-11(2,13)6-18-9-4-3-7(14(16)17)5-8(9)10(12)15/h3-5H,6,13H2,1-2H3,(H2,12,15). The molecule has 0 aliphatic rings. The first kappa shape index (κ1) is 13.9. The van der Waals surface area contributed by atoms with Crippen molar-refractivity contribution in [1.29, 1.82) is 0 Å². The summed E-state index contributed by atoms with van der Waals surface area (Å²) in [5.74, 6) is -0.602. The number of carbonyl (C=O) groups is 1. The zero-order chi connectivity index (χ0) is 13.9. The fraction of sp³-hybridized carbons (Fsp3) is 0.364. The highest BCUT2D eigenvalue weighted by atomic mass is 16.6. The van der Waals surface area contributed by atoms with Crippen molar-refractivity contribution in [2.45, 2.75) is 19.4 Å². The molecule has 1 aromatic carbocycles. The molecule has 1 amide bonds. The Balaban J connectivity index is 3.05. The number of benzene rings is 1. The van der Waals surface area contributed by atoms with Crippen molar-refractivity contribution in [2.24, 2.45) is 11.5 Å². The molecule has 0 unspecified atom stereocenters. The van der Waals surface area contributed by atoms with Crippen LogP contribution in [0.5, 0.6) is 5.75 Å². The number of nitrogens with zero attached hydrogens (tertiary/aromatic N) is 1. The van der Waals surface area contributed by atoms with Crippen LogP contribution in [0.3, 0.4) is 0 Å².